The van der Waals surface area contributed by atoms with Crippen LogP contribution in [-0.2, 0) is 37.3 Å². The van der Waals surface area contributed by atoms with Crippen LogP contribution in [0.15, 0.2) is 83.8 Å². The first-order valence-electron chi connectivity index (χ1n) is 14.7. The third-order valence-electron chi connectivity index (χ3n) is 7.59. The van der Waals surface area contributed by atoms with Crippen molar-refractivity contribution in [3.8, 4) is 5.75 Å². The summed E-state index contributed by atoms with van der Waals surface area (Å²) in [7, 11) is -0.295. The lowest BCUT2D eigenvalue weighted by Crippen LogP contribution is -2.43. The molecular weight excluding hydrogens is 566 g/mol. The molecule has 1 aliphatic heterocycles. The Morgan fingerprint density at radius 2 is 1.56 bits per heavy atom. The van der Waals surface area contributed by atoms with E-state index >= 15 is 0 Å². The van der Waals surface area contributed by atoms with Gasteiger partial charge in [-0.1, -0.05) is 54.6 Å². The van der Waals surface area contributed by atoms with Gasteiger partial charge in [0.05, 0.1) is 12.0 Å². The van der Waals surface area contributed by atoms with Crippen LogP contribution in [0.3, 0.4) is 0 Å². The number of sulfonamides is 1. The summed E-state index contributed by atoms with van der Waals surface area (Å²) in [6.07, 6.45) is 2.95. The molecule has 3 aromatic carbocycles. The summed E-state index contributed by atoms with van der Waals surface area (Å²) in [5.41, 5.74) is 2.42. The highest BCUT2D eigenvalue weighted by atomic mass is 32.2. The maximum atomic E-state index is 13.9. The van der Waals surface area contributed by atoms with Crippen molar-refractivity contribution in [3.63, 3.8) is 0 Å². The molecule has 1 atom stereocenters. The van der Waals surface area contributed by atoms with E-state index in [1.807, 2.05) is 54.6 Å². The van der Waals surface area contributed by atoms with Gasteiger partial charge in [0.2, 0.25) is 21.8 Å². The molecule has 10 heteroatoms. The van der Waals surface area contributed by atoms with Crippen LogP contribution >= 0.6 is 0 Å². The molecule has 0 aromatic heterocycles. The number of nitrogens with one attached hydrogen (secondary N) is 1. The van der Waals surface area contributed by atoms with E-state index in [0.29, 0.717) is 50.4 Å². The van der Waals surface area contributed by atoms with Crippen molar-refractivity contribution < 1.29 is 27.5 Å². The molecule has 1 N–H and O–H groups in total. The van der Waals surface area contributed by atoms with Crippen molar-refractivity contribution in [1.29, 1.82) is 0 Å². The zero-order chi connectivity index (χ0) is 30.7. The number of methoxy groups -OCH3 is 2. The van der Waals surface area contributed by atoms with Gasteiger partial charge in [-0.2, -0.15) is 4.31 Å². The molecule has 9 nitrogen and oxygen atoms in total. The first kappa shape index (κ1) is 32.2. The van der Waals surface area contributed by atoms with Gasteiger partial charge >= 0.3 is 0 Å². The van der Waals surface area contributed by atoms with E-state index in [2.05, 4.69) is 5.32 Å². The number of hydrogen-bond donors (Lipinski definition) is 1. The summed E-state index contributed by atoms with van der Waals surface area (Å²) in [5, 5.41) is 2.98. The van der Waals surface area contributed by atoms with Gasteiger partial charge in [0.25, 0.3) is 0 Å². The predicted molar refractivity (Wildman–Crippen MR) is 165 cm³/mol. The Bertz CT molecular complexity index is 1420. The molecule has 4 rings (SSSR count). The van der Waals surface area contributed by atoms with Gasteiger partial charge < -0.3 is 19.7 Å². The largest absolute Gasteiger partial charge is 0.497 e. The summed E-state index contributed by atoms with van der Waals surface area (Å²) in [4.78, 5) is 29.5. The number of hydrogen-bond acceptors (Lipinski definition) is 6. The van der Waals surface area contributed by atoms with Gasteiger partial charge in [-0.15, -0.1) is 0 Å². The summed E-state index contributed by atoms with van der Waals surface area (Å²) >= 11 is 0. The first-order valence-corrected chi connectivity index (χ1v) is 16.1. The highest BCUT2D eigenvalue weighted by Crippen LogP contribution is 2.26. The van der Waals surface area contributed by atoms with E-state index in [9.17, 15) is 18.0 Å². The minimum atomic E-state index is -3.51. The smallest absolute Gasteiger partial charge is 0.247 e. The van der Waals surface area contributed by atoms with Crippen LogP contribution in [0.5, 0.6) is 5.75 Å². The maximum Gasteiger partial charge on any atom is 0.247 e. The Balaban J connectivity index is 1.55. The highest BCUT2D eigenvalue weighted by Gasteiger charge is 2.31. The monoisotopic (exact) mass is 607 g/mol. The molecule has 0 spiro atoms. The number of carbonyl (C=O) groups excluding carboxylic acids is 2. The van der Waals surface area contributed by atoms with E-state index in [4.69, 9.17) is 9.47 Å². The van der Waals surface area contributed by atoms with Crippen molar-refractivity contribution in [3.05, 3.63) is 95.6 Å². The minimum absolute atomic E-state index is 0.147. The van der Waals surface area contributed by atoms with E-state index < -0.39 is 16.1 Å². The topological polar surface area (TPSA) is 105 Å². The molecule has 1 fully saturated rings. The standard InChI is InChI=1S/C33H41N3O6S/c1-41-24-8-21-34-33(38)32(28-9-4-3-5-10-28)36(25-27-11-16-29(42-2)17-12-27)31(37)20-15-26-13-18-30(19-14-26)43(39,40)35-22-6-7-23-35/h3-5,9-14,16-19,32H,6-8,15,20-25H2,1-2H3,(H,34,38)/t32-/m1/s1. The Hall–Kier alpha value is -3.73. The van der Waals surface area contributed by atoms with Crippen molar-refractivity contribution >= 4 is 21.8 Å². The number of benzene rings is 3. The van der Waals surface area contributed by atoms with Crippen LogP contribution in [-0.4, -0.2) is 69.9 Å². The number of nitrogens with zero attached hydrogens (tertiary/aromatic N) is 2. The number of ether oxygens (including phenoxy) is 2. The van der Waals surface area contributed by atoms with Gasteiger partial charge in [0.15, 0.2) is 0 Å². The molecule has 2 amide bonds. The molecule has 1 heterocycles. The lowest BCUT2D eigenvalue weighted by atomic mass is 10.0. The van der Waals surface area contributed by atoms with Crippen LogP contribution in [0.2, 0.25) is 0 Å². The zero-order valence-corrected chi connectivity index (χ0v) is 25.7. The third kappa shape index (κ3) is 8.65. The number of rotatable bonds is 15. The molecule has 0 unspecified atom stereocenters. The van der Waals surface area contributed by atoms with Crippen molar-refractivity contribution in [1.82, 2.24) is 14.5 Å². The summed E-state index contributed by atoms with van der Waals surface area (Å²) in [6.45, 7) is 2.26. The molecule has 0 saturated carbocycles. The van der Waals surface area contributed by atoms with E-state index in [1.54, 1.807) is 43.4 Å². The Morgan fingerprint density at radius 3 is 2.19 bits per heavy atom. The second-order valence-electron chi connectivity index (χ2n) is 10.6. The van der Waals surface area contributed by atoms with E-state index in [0.717, 1.165) is 24.0 Å². The minimum Gasteiger partial charge on any atom is -0.497 e. The van der Waals surface area contributed by atoms with Crippen LogP contribution in [0.25, 0.3) is 0 Å². The second-order valence-corrected chi connectivity index (χ2v) is 12.5. The van der Waals surface area contributed by atoms with Gasteiger partial charge in [0, 0.05) is 46.3 Å². The molecule has 3 aromatic rings. The van der Waals surface area contributed by atoms with Gasteiger partial charge in [-0.05, 0) is 66.6 Å². The van der Waals surface area contributed by atoms with Crippen molar-refractivity contribution in [2.24, 2.45) is 0 Å². The molecule has 1 aliphatic rings. The summed E-state index contributed by atoms with van der Waals surface area (Å²) < 4.78 is 37.8. The number of carbonyl (C=O) groups is 2. The predicted octanol–water partition coefficient (Wildman–Crippen LogP) is 4.34. The number of amides is 2. The average Bonchev–Trinajstić information content (AvgIpc) is 3.59. The molecule has 43 heavy (non-hydrogen) atoms. The Morgan fingerprint density at radius 1 is 0.907 bits per heavy atom. The average molecular weight is 608 g/mol. The van der Waals surface area contributed by atoms with Crippen molar-refractivity contribution in [2.75, 3.05) is 40.5 Å². The quantitative estimate of drug-likeness (QED) is 0.258. The molecule has 230 valence electrons. The Kier molecular flexibility index (Phi) is 11.7. The van der Waals surface area contributed by atoms with E-state index in [-0.39, 0.29) is 29.7 Å². The van der Waals surface area contributed by atoms with Crippen LogP contribution < -0.4 is 10.1 Å². The lowest BCUT2D eigenvalue weighted by Gasteiger charge is -2.32. The van der Waals surface area contributed by atoms with Crippen LogP contribution in [0.4, 0.5) is 0 Å². The second kappa shape index (κ2) is 15.7. The molecular formula is C33H41N3O6S. The highest BCUT2D eigenvalue weighted by molar-refractivity contribution is 7.89. The maximum absolute atomic E-state index is 13.9. The fraction of sp³-hybridized carbons (Fsp3) is 0.394. The number of aryl methyl sites for hydroxylation is 1. The molecule has 0 radical (unpaired) electrons. The van der Waals surface area contributed by atoms with Gasteiger partial charge in [-0.3, -0.25) is 9.59 Å². The fourth-order valence-corrected chi connectivity index (χ4v) is 6.70. The van der Waals surface area contributed by atoms with Gasteiger partial charge in [0.1, 0.15) is 11.8 Å². The molecule has 1 saturated heterocycles. The van der Waals surface area contributed by atoms with Crippen LogP contribution in [0.1, 0.15) is 48.4 Å². The normalized spacial score (nSPS) is 14.3. The third-order valence-corrected chi connectivity index (χ3v) is 9.50. The van der Waals surface area contributed by atoms with E-state index in [1.165, 1.54) is 4.31 Å². The SMILES string of the molecule is COCCCNC(=O)[C@@H](c1ccccc1)N(Cc1ccc(OC)cc1)C(=O)CCc1ccc(S(=O)(=O)N2CCCC2)cc1. The lowest BCUT2D eigenvalue weighted by molar-refractivity contribution is -0.141. The van der Waals surface area contributed by atoms with Gasteiger partial charge in [-0.25, -0.2) is 8.42 Å². The Labute approximate surface area is 254 Å². The molecule has 0 bridgehead atoms. The summed E-state index contributed by atoms with van der Waals surface area (Å²) in [5.74, 6) is 0.249. The van der Waals surface area contributed by atoms with Crippen LogP contribution in [0, 0.1) is 0 Å². The zero-order valence-electron chi connectivity index (χ0n) is 24.9. The molecule has 0 aliphatic carbocycles. The summed E-state index contributed by atoms with van der Waals surface area (Å²) in [6, 6.07) is 22.6. The van der Waals surface area contributed by atoms with Crippen molar-refractivity contribution in [2.45, 2.75) is 49.6 Å². The first-order chi connectivity index (χ1) is 20.8. The fourth-order valence-electron chi connectivity index (χ4n) is 5.18.